The Balaban J connectivity index is 1.43. The Hall–Kier alpha value is -2.15. The van der Waals surface area contributed by atoms with Crippen LogP contribution in [-0.2, 0) is 24.3 Å². The Bertz CT molecular complexity index is 746. The number of imidazole rings is 1. The molecule has 7 heteroatoms. The lowest BCUT2D eigenvalue weighted by atomic mass is 10.2. The second kappa shape index (κ2) is 6.05. The van der Waals surface area contributed by atoms with Crippen molar-refractivity contribution < 1.29 is 9.32 Å². The Morgan fingerprint density at radius 3 is 2.92 bits per heavy atom. The van der Waals surface area contributed by atoms with Crippen LogP contribution in [0.25, 0.3) is 0 Å². The maximum atomic E-state index is 12.0. The van der Waals surface area contributed by atoms with Gasteiger partial charge >= 0.3 is 0 Å². The van der Waals surface area contributed by atoms with E-state index in [9.17, 15) is 4.79 Å². The Morgan fingerprint density at radius 1 is 1.38 bits per heavy atom. The lowest BCUT2D eigenvalue weighted by Gasteiger charge is -2.32. The summed E-state index contributed by atoms with van der Waals surface area (Å²) in [5.41, 5.74) is 1.80. The maximum Gasteiger partial charge on any atom is 0.226 e. The van der Waals surface area contributed by atoms with Crippen LogP contribution in [0.4, 0.5) is 0 Å². The summed E-state index contributed by atoms with van der Waals surface area (Å²) in [4.78, 5) is 19.0. The molecule has 0 aromatic carbocycles. The summed E-state index contributed by atoms with van der Waals surface area (Å²) in [6.07, 6.45) is 4.61. The summed E-state index contributed by atoms with van der Waals surface area (Å²) < 4.78 is 7.33. The molecule has 24 heavy (non-hydrogen) atoms. The van der Waals surface area contributed by atoms with E-state index < -0.39 is 0 Å². The molecule has 1 N–H and O–H groups in total. The molecule has 0 bridgehead atoms. The minimum atomic E-state index is 0.0792. The summed E-state index contributed by atoms with van der Waals surface area (Å²) in [7, 11) is 0. The van der Waals surface area contributed by atoms with Gasteiger partial charge in [0, 0.05) is 37.9 Å². The summed E-state index contributed by atoms with van der Waals surface area (Å²) in [6.45, 7) is 6.63. The number of nitrogens with zero attached hydrogens (tertiary/aromatic N) is 4. The molecule has 2 aromatic heterocycles. The van der Waals surface area contributed by atoms with Crippen molar-refractivity contribution in [3.8, 4) is 0 Å². The second-order valence-corrected chi connectivity index (χ2v) is 6.88. The van der Waals surface area contributed by atoms with Gasteiger partial charge in [-0.15, -0.1) is 0 Å². The predicted octanol–water partition coefficient (Wildman–Crippen LogP) is 1.58. The molecule has 0 saturated heterocycles. The van der Waals surface area contributed by atoms with Crippen LogP contribution in [0.3, 0.4) is 0 Å². The molecule has 1 fully saturated rings. The smallest absolute Gasteiger partial charge is 0.226 e. The highest BCUT2D eigenvalue weighted by molar-refractivity contribution is 5.78. The average molecular weight is 329 g/mol. The third-order valence-electron chi connectivity index (χ3n) is 4.73. The first kappa shape index (κ1) is 15.4. The molecule has 1 amide bonds. The largest absolute Gasteiger partial charge is 0.361 e. The zero-order valence-corrected chi connectivity index (χ0v) is 14.2. The van der Waals surface area contributed by atoms with Crippen molar-refractivity contribution in [3.63, 3.8) is 0 Å². The van der Waals surface area contributed by atoms with E-state index in [0.29, 0.717) is 12.5 Å². The molecule has 1 atom stereocenters. The highest BCUT2D eigenvalue weighted by Crippen LogP contribution is 2.26. The number of hydrogen-bond donors (Lipinski definition) is 1. The Labute approximate surface area is 141 Å². The van der Waals surface area contributed by atoms with Gasteiger partial charge in [0.2, 0.25) is 5.91 Å². The molecule has 0 unspecified atom stereocenters. The van der Waals surface area contributed by atoms with Gasteiger partial charge < -0.3 is 14.4 Å². The van der Waals surface area contributed by atoms with Gasteiger partial charge in [-0.1, -0.05) is 5.16 Å². The third-order valence-corrected chi connectivity index (χ3v) is 4.73. The lowest BCUT2D eigenvalue weighted by molar-refractivity contribution is -0.120. The standard InChI is InChI=1S/C17H23N5O2/c1-11-7-15(20-24-11)10-21-5-6-22-9-14(19-17(22)12(21)2)8-16(23)18-13-3-4-13/h7,9,12-13H,3-6,8,10H2,1-2H3,(H,18,23)/t12-/m0/s1. The van der Waals surface area contributed by atoms with Crippen molar-refractivity contribution in [1.29, 1.82) is 0 Å². The summed E-state index contributed by atoms with van der Waals surface area (Å²) in [5.74, 6) is 1.94. The number of carbonyl (C=O) groups excluding carboxylic acids is 1. The number of aryl methyl sites for hydroxylation is 1. The van der Waals surface area contributed by atoms with Gasteiger partial charge in [-0.05, 0) is 26.7 Å². The van der Waals surface area contributed by atoms with Gasteiger partial charge in [0.05, 0.1) is 23.9 Å². The molecule has 1 aliphatic carbocycles. The maximum absolute atomic E-state index is 12.0. The van der Waals surface area contributed by atoms with E-state index in [1.807, 2.05) is 19.2 Å². The molecule has 3 heterocycles. The topological polar surface area (TPSA) is 76.2 Å². The van der Waals surface area contributed by atoms with Gasteiger partial charge in [-0.2, -0.15) is 0 Å². The molecule has 128 valence electrons. The van der Waals surface area contributed by atoms with Crippen LogP contribution in [0.15, 0.2) is 16.8 Å². The van der Waals surface area contributed by atoms with Crippen molar-refractivity contribution >= 4 is 5.91 Å². The zero-order valence-electron chi connectivity index (χ0n) is 14.2. The minimum absolute atomic E-state index is 0.0792. The van der Waals surface area contributed by atoms with Crippen molar-refractivity contribution in [1.82, 2.24) is 24.9 Å². The summed E-state index contributed by atoms with van der Waals surface area (Å²) >= 11 is 0. The quantitative estimate of drug-likeness (QED) is 0.901. The van der Waals surface area contributed by atoms with Crippen molar-refractivity contribution in [2.24, 2.45) is 0 Å². The fourth-order valence-corrected chi connectivity index (χ4v) is 3.26. The van der Waals surface area contributed by atoms with Crippen LogP contribution in [-0.4, -0.2) is 38.1 Å². The van der Waals surface area contributed by atoms with E-state index in [-0.39, 0.29) is 11.9 Å². The number of aromatic nitrogens is 3. The third kappa shape index (κ3) is 3.21. The fraction of sp³-hybridized carbons (Fsp3) is 0.588. The van der Waals surface area contributed by atoms with Gasteiger partial charge in [-0.3, -0.25) is 9.69 Å². The van der Waals surface area contributed by atoms with Crippen LogP contribution >= 0.6 is 0 Å². The highest BCUT2D eigenvalue weighted by atomic mass is 16.5. The van der Waals surface area contributed by atoms with Crippen LogP contribution in [0.2, 0.25) is 0 Å². The van der Waals surface area contributed by atoms with Crippen molar-refractivity contribution in [2.75, 3.05) is 6.54 Å². The number of carbonyl (C=O) groups is 1. The van der Waals surface area contributed by atoms with Gasteiger partial charge in [0.25, 0.3) is 0 Å². The Morgan fingerprint density at radius 2 is 2.21 bits per heavy atom. The first-order valence-electron chi connectivity index (χ1n) is 8.60. The molecule has 1 saturated carbocycles. The molecular formula is C17H23N5O2. The lowest BCUT2D eigenvalue weighted by Crippen LogP contribution is -2.36. The summed E-state index contributed by atoms with van der Waals surface area (Å²) in [5, 5.41) is 7.10. The van der Waals surface area contributed by atoms with Crippen molar-refractivity contribution in [3.05, 3.63) is 35.2 Å². The van der Waals surface area contributed by atoms with E-state index in [4.69, 9.17) is 9.51 Å². The first-order valence-corrected chi connectivity index (χ1v) is 8.60. The van der Waals surface area contributed by atoms with E-state index >= 15 is 0 Å². The molecule has 2 aromatic rings. The highest BCUT2D eigenvalue weighted by Gasteiger charge is 2.28. The van der Waals surface area contributed by atoms with Crippen LogP contribution in [0.1, 0.15) is 48.8 Å². The molecule has 4 rings (SSSR count). The molecular weight excluding hydrogens is 306 g/mol. The molecule has 0 radical (unpaired) electrons. The summed E-state index contributed by atoms with van der Waals surface area (Å²) in [6, 6.07) is 2.56. The monoisotopic (exact) mass is 329 g/mol. The Kier molecular flexibility index (Phi) is 3.88. The molecule has 0 spiro atoms. The van der Waals surface area contributed by atoms with Gasteiger partial charge in [-0.25, -0.2) is 4.98 Å². The number of nitrogens with one attached hydrogen (secondary N) is 1. The molecule has 1 aliphatic heterocycles. The van der Waals surface area contributed by atoms with Gasteiger partial charge in [0.1, 0.15) is 11.6 Å². The van der Waals surface area contributed by atoms with Crippen molar-refractivity contribution in [2.45, 2.75) is 58.3 Å². The number of fused-ring (bicyclic) bond motifs is 1. The van der Waals surface area contributed by atoms with Gasteiger partial charge in [0.15, 0.2) is 0 Å². The van der Waals surface area contributed by atoms with E-state index in [2.05, 4.69) is 26.9 Å². The van der Waals surface area contributed by atoms with E-state index in [1.165, 1.54) is 0 Å². The van der Waals surface area contributed by atoms with Crippen LogP contribution < -0.4 is 5.32 Å². The number of hydrogen-bond acceptors (Lipinski definition) is 5. The van der Waals surface area contributed by atoms with E-state index in [0.717, 1.165) is 55.4 Å². The average Bonchev–Trinajstić information content (AvgIpc) is 3.09. The van der Waals surface area contributed by atoms with Crippen LogP contribution in [0, 0.1) is 6.92 Å². The SMILES string of the molecule is Cc1cc(CN2CCn3cc(CC(=O)NC4CC4)nc3[C@@H]2C)no1. The first-order chi connectivity index (χ1) is 11.6. The fourth-order valence-electron chi connectivity index (χ4n) is 3.26. The van der Waals surface area contributed by atoms with E-state index in [1.54, 1.807) is 0 Å². The second-order valence-electron chi connectivity index (χ2n) is 6.88. The molecule has 7 nitrogen and oxygen atoms in total. The zero-order chi connectivity index (χ0) is 16.7. The minimum Gasteiger partial charge on any atom is -0.361 e. The van der Waals surface area contributed by atoms with Crippen LogP contribution in [0.5, 0.6) is 0 Å². The number of rotatable bonds is 5. The normalized spacial score (nSPS) is 20.8. The predicted molar refractivity (Wildman–Crippen MR) is 87.2 cm³/mol. The molecule has 2 aliphatic rings. The number of amides is 1.